The number of methoxy groups -OCH3 is 2. The Morgan fingerprint density at radius 1 is 1.03 bits per heavy atom. The van der Waals surface area contributed by atoms with E-state index in [1.165, 1.54) is 12.0 Å². The number of aliphatic hydroxyl groups excluding tert-OH is 1. The summed E-state index contributed by atoms with van der Waals surface area (Å²) in [6, 6.07) is 9.31. The van der Waals surface area contributed by atoms with Gasteiger partial charge >= 0.3 is 0 Å². The van der Waals surface area contributed by atoms with Crippen LogP contribution in [0.3, 0.4) is 0 Å². The van der Waals surface area contributed by atoms with Crippen molar-refractivity contribution < 1.29 is 33.6 Å². The smallest absolute Gasteiger partial charge is 0.295 e. The highest BCUT2D eigenvalue weighted by Crippen LogP contribution is 2.44. The lowest BCUT2D eigenvalue weighted by Gasteiger charge is -2.29. The van der Waals surface area contributed by atoms with Gasteiger partial charge in [0.05, 0.1) is 25.8 Å². The van der Waals surface area contributed by atoms with Crippen LogP contribution in [0.2, 0.25) is 0 Å². The van der Waals surface area contributed by atoms with Crippen molar-refractivity contribution in [2.24, 2.45) is 0 Å². The molecule has 0 spiro atoms. The molecule has 0 aliphatic carbocycles. The lowest BCUT2D eigenvalue weighted by atomic mass is 9.94. The van der Waals surface area contributed by atoms with Crippen LogP contribution in [0.1, 0.15) is 31.0 Å². The zero-order valence-corrected chi connectivity index (χ0v) is 21.1. The van der Waals surface area contributed by atoms with E-state index >= 15 is 0 Å². The fourth-order valence-electron chi connectivity index (χ4n) is 4.61. The third kappa shape index (κ3) is 4.70. The predicted octanol–water partition coefficient (Wildman–Crippen LogP) is 3.24. The Balaban J connectivity index is 1.84. The van der Waals surface area contributed by atoms with E-state index in [4.69, 9.17) is 18.9 Å². The quantitative estimate of drug-likeness (QED) is 0.321. The summed E-state index contributed by atoms with van der Waals surface area (Å²) in [5.74, 6) is 0.364. The molecule has 2 aromatic carbocycles. The summed E-state index contributed by atoms with van der Waals surface area (Å²) >= 11 is 0. The lowest BCUT2D eigenvalue weighted by Crippen LogP contribution is -2.38. The Kier molecular flexibility index (Phi) is 7.69. The lowest BCUT2D eigenvalue weighted by molar-refractivity contribution is -0.140. The fraction of sp³-hybridized carbons (Fsp3) is 0.407. The van der Waals surface area contributed by atoms with E-state index in [9.17, 15) is 14.7 Å². The molecule has 9 heteroatoms. The maximum Gasteiger partial charge on any atom is 0.295 e. The number of ketones is 1. The van der Waals surface area contributed by atoms with Crippen molar-refractivity contribution in [1.29, 1.82) is 0 Å². The number of likely N-dealkylation sites (tertiary alicyclic amines) is 1. The number of Topliss-reactive ketones (excluding diaryl/α,β-unsaturated/α-hetero) is 1. The van der Waals surface area contributed by atoms with Gasteiger partial charge in [-0.25, -0.2) is 0 Å². The molecule has 2 heterocycles. The van der Waals surface area contributed by atoms with E-state index in [1.807, 2.05) is 13.8 Å². The topological polar surface area (TPSA) is 97.8 Å². The SMILES string of the molecule is CCN(CC)CCN1C(=O)C(=O)C(=C(O)c2ccc3c(c2)OCCO3)[C@@H]1c1ccc(OC)cc1OC. The molecule has 0 bridgehead atoms. The van der Waals surface area contributed by atoms with Gasteiger partial charge in [0.15, 0.2) is 11.5 Å². The Bertz CT molecular complexity index is 1170. The first-order valence-corrected chi connectivity index (χ1v) is 12.1. The highest BCUT2D eigenvalue weighted by molar-refractivity contribution is 6.46. The largest absolute Gasteiger partial charge is 0.507 e. The molecule has 1 fully saturated rings. The average Bonchev–Trinajstić information content (AvgIpc) is 3.17. The molecule has 192 valence electrons. The van der Waals surface area contributed by atoms with Crippen molar-refractivity contribution >= 4 is 17.4 Å². The Labute approximate surface area is 210 Å². The Morgan fingerprint density at radius 2 is 1.75 bits per heavy atom. The number of nitrogens with zero attached hydrogens (tertiary/aromatic N) is 2. The number of fused-ring (bicyclic) bond motifs is 1. The number of rotatable bonds is 9. The standard InChI is InChI=1S/C27H32N2O7/c1-5-28(6-2)11-12-29-24(19-9-8-18(33-3)16-21(19)34-4)23(26(31)27(29)32)25(30)17-7-10-20-22(15-17)36-14-13-35-20/h7-10,15-16,24,30H,5-6,11-14H2,1-4H3/t24-/m0/s1. The van der Waals surface area contributed by atoms with E-state index in [0.29, 0.717) is 60.4 Å². The van der Waals surface area contributed by atoms with E-state index < -0.39 is 17.7 Å². The van der Waals surface area contributed by atoms with E-state index in [2.05, 4.69) is 4.90 Å². The Hall–Kier alpha value is -3.72. The first-order chi connectivity index (χ1) is 17.4. The summed E-state index contributed by atoms with van der Waals surface area (Å²) in [6.45, 7) is 7.43. The van der Waals surface area contributed by atoms with Crippen molar-refractivity contribution in [2.75, 3.05) is 53.6 Å². The minimum absolute atomic E-state index is 0.000286. The molecule has 9 nitrogen and oxygen atoms in total. The molecule has 2 aliphatic heterocycles. The van der Waals surface area contributed by atoms with Gasteiger partial charge in [0.25, 0.3) is 11.7 Å². The van der Waals surface area contributed by atoms with E-state index in [0.717, 1.165) is 13.1 Å². The number of hydrogen-bond acceptors (Lipinski definition) is 8. The highest BCUT2D eigenvalue weighted by atomic mass is 16.6. The molecule has 2 aromatic rings. The van der Waals surface area contributed by atoms with Gasteiger partial charge in [-0.1, -0.05) is 13.8 Å². The summed E-state index contributed by atoms with van der Waals surface area (Å²) in [5, 5.41) is 11.4. The fourth-order valence-corrected chi connectivity index (χ4v) is 4.61. The van der Waals surface area contributed by atoms with Gasteiger partial charge in [0, 0.05) is 30.3 Å². The van der Waals surface area contributed by atoms with Crippen molar-refractivity contribution in [2.45, 2.75) is 19.9 Å². The van der Waals surface area contributed by atoms with Crippen molar-refractivity contribution in [3.63, 3.8) is 0 Å². The van der Waals surface area contributed by atoms with E-state index in [-0.39, 0.29) is 11.3 Å². The van der Waals surface area contributed by atoms with Crippen LogP contribution in [-0.4, -0.2) is 80.2 Å². The molecule has 4 rings (SSSR count). The summed E-state index contributed by atoms with van der Waals surface area (Å²) in [6.07, 6.45) is 0. The highest BCUT2D eigenvalue weighted by Gasteiger charge is 2.47. The van der Waals surface area contributed by atoms with Crippen LogP contribution < -0.4 is 18.9 Å². The van der Waals surface area contributed by atoms with Crippen molar-refractivity contribution in [3.8, 4) is 23.0 Å². The number of ether oxygens (including phenoxy) is 4. The monoisotopic (exact) mass is 496 g/mol. The summed E-state index contributed by atoms with van der Waals surface area (Å²) in [7, 11) is 3.06. The molecule has 36 heavy (non-hydrogen) atoms. The number of carbonyl (C=O) groups excluding carboxylic acids is 2. The first-order valence-electron chi connectivity index (χ1n) is 12.1. The number of amides is 1. The summed E-state index contributed by atoms with van der Waals surface area (Å²) in [4.78, 5) is 30.3. The summed E-state index contributed by atoms with van der Waals surface area (Å²) in [5.41, 5.74) is 0.939. The van der Waals surface area contributed by atoms with Gasteiger partial charge in [-0.2, -0.15) is 0 Å². The van der Waals surface area contributed by atoms with Gasteiger partial charge in [0.1, 0.15) is 30.5 Å². The molecule has 0 saturated carbocycles. The van der Waals surface area contributed by atoms with Crippen LogP contribution in [0.4, 0.5) is 0 Å². The molecule has 1 saturated heterocycles. The molecular formula is C27H32N2O7. The van der Waals surface area contributed by atoms with Crippen LogP contribution in [0, 0.1) is 0 Å². The Morgan fingerprint density at radius 3 is 2.42 bits per heavy atom. The number of likely N-dealkylation sites (N-methyl/N-ethyl adjacent to an activating group) is 1. The maximum absolute atomic E-state index is 13.4. The first kappa shape index (κ1) is 25.4. The van der Waals surface area contributed by atoms with Gasteiger partial charge < -0.3 is 33.9 Å². The van der Waals surface area contributed by atoms with Crippen LogP contribution >= 0.6 is 0 Å². The molecular weight excluding hydrogens is 464 g/mol. The van der Waals surface area contributed by atoms with Crippen molar-refractivity contribution in [1.82, 2.24) is 9.80 Å². The van der Waals surface area contributed by atoms with Crippen LogP contribution in [0.25, 0.3) is 5.76 Å². The number of hydrogen-bond donors (Lipinski definition) is 1. The number of aliphatic hydroxyl groups is 1. The molecule has 0 radical (unpaired) electrons. The van der Waals surface area contributed by atoms with Crippen LogP contribution in [-0.2, 0) is 9.59 Å². The van der Waals surface area contributed by atoms with Gasteiger partial charge in [0.2, 0.25) is 0 Å². The third-order valence-electron chi connectivity index (χ3n) is 6.64. The van der Waals surface area contributed by atoms with Gasteiger partial charge in [-0.3, -0.25) is 9.59 Å². The average molecular weight is 497 g/mol. The van der Waals surface area contributed by atoms with Crippen molar-refractivity contribution in [3.05, 3.63) is 53.1 Å². The molecule has 0 unspecified atom stereocenters. The number of carbonyl (C=O) groups is 2. The summed E-state index contributed by atoms with van der Waals surface area (Å²) < 4.78 is 22.2. The predicted molar refractivity (Wildman–Crippen MR) is 134 cm³/mol. The van der Waals surface area contributed by atoms with Crippen LogP contribution in [0.15, 0.2) is 42.0 Å². The second kappa shape index (κ2) is 10.9. The second-order valence-electron chi connectivity index (χ2n) is 8.49. The van der Waals surface area contributed by atoms with E-state index in [1.54, 1.807) is 43.5 Å². The zero-order valence-electron chi connectivity index (χ0n) is 21.1. The minimum atomic E-state index is -0.838. The van der Waals surface area contributed by atoms with Gasteiger partial charge in [-0.15, -0.1) is 0 Å². The van der Waals surface area contributed by atoms with Gasteiger partial charge in [-0.05, 0) is 43.4 Å². The molecule has 1 atom stereocenters. The second-order valence-corrected chi connectivity index (χ2v) is 8.49. The molecule has 0 aromatic heterocycles. The third-order valence-corrected chi connectivity index (χ3v) is 6.64. The maximum atomic E-state index is 13.4. The normalized spacial score (nSPS) is 18.6. The van der Waals surface area contributed by atoms with Crippen LogP contribution in [0.5, 0.6) is 23.0 Å². The molecule has 1 amide bonds. The molecule has 1 N–H and O–H groups in total. The number of benzene rings is 2. The zero-order chi connectivity index (χ0) is 25.8. The minimum Gasteiger partial charge on any atom is -0.507 e. The molecule has 2 aliphatic rings.